The van der Waals surface area contributed by atoms with E-state index in [0.29, 0.717) is 29.4 Å². The van der Waals surface area contributed by atoms with Gasteiger partial charge in [0.25, 0.3) is 0 Å². The van der Waals surface area contributed by atoms with Crippen LogP contribution in [0.4, 0.5) is 0 Å². The Morgan fingerprint density at radius 3 is 2.17 bits per heavy atom. The summed E-state index contributed by atoms with van der Waals surface area (Å²) in [5.74, 6) is -7.48. The molecular formula is C41H54O7. The van der Waals surface area contributed by atoms with Crippen LogP contribution < -0.4 is 0 Å². The number of hydrogen-bond acceptors (Lipinski definition) is 7. The predicted octanol–water partition coefficient (Wildman–Crippen LogP) is 7.39. The van der Waals surface area contributed by atoms with E-state index in [4.69, 9.17) is 0 Å². The second kappa shape index (κ2) is 12.3. The molecule has 7 heteroatoms. The van der Waals surface area contributed by atoms with Gasteiger partial charge in [0.2, 0.25) is 0 Å². The quantitative estimate of drug-likeness (QED) is 0.265. The summed E-state index contributed by atoms with van der Waals surface area (Å²) < 4.78 is 0. The molecule has 4 aliphatic carbocycles. The van der Waals surface area contributed by atoms with Gasteiger partial charge in [0.05, 0.1) is 11.5 Å². The van der Waals surface area contributed by atoms with E-state index in [0.717, 1.165) is 30.9 Å². The van der Waals surface area contributed by atoms with Crippen molar-refractivity contribution < 1.29 is 34.2 Å². The molecule has 7 atom stereocenters. The summed E-state index contributed by atoms with van der Waals surface area (Å²) in [6.45, 7) is 19.0. The third-order valence-corrected chi connectivity index (χ3v) is 12.2. The van der Waals surface area contributed by atoms with E-state index in [1.807, 2.05) is 32.9 Å². The van der Waals surface area contributed by atoms with Crippen molar-refractivity contribution >= 4 is 34.5 Å². The highest BCUT2D eigenvalue weighted by Gasteiger charge is 2.76. The Morgan fingerprint density at radius 1 is 0.958 bits per heavy atom. The minimum atomic E-state index is -2.70. The first-order chi connectivity index (χ1) is 22.2. The van der Waals surface area contributed by atoms with E-state index in [9.17, 15) is 34.2 Å². The van der Waals surface area contributed by atoms with Crippen LogP contribution in [0.1, 0.15) is 134 Å². The molecule has 2 saturated carbocycles. The number of phenolic OH excluding ortho intramolecular Hbond substituents is 1. The standard InChI is InChI=1S/C41H54O7/c1-20(2)11-12-23(7)15-25-13-14-26(16-25)28-17-27(21(3)4)29-18-39(9)19-40(10)32(22(5)6)35(44)30(24(8)42)37(46)41(40,48)38(47)33(39)36(45)31(29)34(28)43/h13-14,17,20-23,30,32-33,43,48H,11-12,15-16,18-19H2,1-10H3/t23?,30?,32?,33?,39-,40-,41+/m1/s1. The number of ketones is 5. The van der Waals surface area contributed by atoms with Gasteiger partial charge in [0, 0.05) is 16.9 Å². The number of allylic oxidation sites excluding steroid dienone is 4. The van der Waals surface area contributed by atoms with E-state index in [2.05, 4.69) is 26.8 Å². The van der Waals surface area contributed by atoms with Gasteiger partial charge in [-0.25, -0.2) is 0 Å². The average Bonchev–Trinajstić information content (AvgIpc) is 3.41. The number of hydrogen-bond donors (Lipinski definition) is 2. The SMILES string of the molecule is CC(=O)C1C(=O)C(C(C)C)[C@@]2(C)C[C@@]3(C)Cc4c(C(C)C)cc(C5=CC=C(CC(C)CCC(C)C)C5)c(O)c4C(=O)C3C(=O)[C@@]2(O)C1=O. The van der Waals surface area contributed by atoms with Crippen molar-refractivity contribution in [3.8, 4) is 5.75 Å². The van der Waals surface area contributed by atoms with E-state index in [-0.39, 0.29) is 36.0 Å². The molecule has 1 aromatic carbocycles. The summed E-state index contributed by atoms with van der Waals surface area (Å²) in [6.07, 6.45) is 8.36. The van der Waals surface area contributed by atoms with Crippen molar-refractivity contribution in [3.63, 3.8) is 0 Å². The van der Waals surface area contributed by atoms with Gasteiger partial charge in [-0.05, 0) is 84.5 Å². The van der Waals surface area contributed by atoms with Gasteiger partial charge in [0.1, 0.15) is 17.5 Å². The first-order valence-electron chi connectivity index (χ1n) is 17.9. The van der Waals surface area contributed by atoms with Crippen LogP contribution in [0.5, 0.6) is 5.75 Å². The molecule has 0 heterocycles. The maximum absolute atomic E-state index is 14.7. The third kappa shape index (κ3) is 5.30. The first kappa shape index (κ1) is 36.1. The predicted molar refractivity (Wildman–Crippen MR) is 186 cm³/mol. The van der Waals surface area contributed by atoms with Gasteiger partial charge >= 0.3 is 0 Å². The number of fused-ring (bicyclic) bond motifs is 3. The second-order valence-corrected chi connectivity index (χ2v) is 17.2. The number of carbonyl (C=O) groups is 5. The van der Waals surface area contributed by atoms with Crippen molar-refractivity contribution in [1.82, 2.24) is 0 Å². The van der Waals surface area contributed by atoms with Crippen molar-refractivity contribution in [3.05, 3.63) is 46.0 Å². The van der Waals surface area contributed by atoms with Crippen molar-refractivity contribution in [2.24, 2.45) is 46.3 Å². The lowest BCUT2D eigenvalue weighted by Crippen LogP contribution is -2.76. The van der Waals surface area contributed by atoms with Gasteiger partial charge in [-0.1, -0.05) is 92.9 Å². The van der Waals surface area contributed by atoms with Gasteiger partial charge in [-0.3, -0.25) is 24.0 Å². The highest BCUT2D eigenvalue weighted by atomic mass is 16.3. The molecule has 0 amide bonds. The highest BCUT2D eigenvalue weighted by Crippen LogP contribution is 2.64. The Balaban J connectivity index is 1.59. The summed E-state index contributed by atoms with van der Waals surface area (Å²) >= 11 is 0. The summed E-state index contributed by atoms with van der Waals surface area (Å²) in [7, 11) is 0. The molecule has 2 fully saturated rings. The number of Topliss-reactive ketones (excluding diaryl/α,β-unsaturated/α-hetero) is 5. The maximum atomic E-state index is 14.7. The Bertz CT molecular complexity index is 1660. The molecule has 0 aliphatic heterocycles. The Hall–Kier alpha value is -3.19. The number of carbonyl (C=O) groups excluding carboxylic acids is 5. The van der Waals surface area contributed by atoms with Crippen LogP contribution in [0.2, 0.25) is 0 Å². The average molecular weight is 659 g/mol. The van der Waals surface area contributed by atoms with Gasteiger partial charge in [-0.15, -0.1) is 0 Å². The summed E-state index contributed by atoms with van der Waals surface area (Å²) in [5, 5.41) is 24.2. The fourth-order valence-corrected chi connectivity index (χ4v) is 10.1. The van der Waals surface area contributed by atoms with E-state index >= 15 is 0 Å². The molecule has 0 aromatic heterocycles. The monoisotopic (exact) mass is 658 g/mol. The van der Waals surface area contributed by atoms with Crippen molar-refractivity contribution in [2.45, 2.75) is 119 Å². The Kier molecular flexibility index (Phi) is 9.25. The lowest BCUT2D eigenvalue weighted by atomic mass is 9.39. The number of benzene rings is 1. The lowest BCUT2D eigenvalue weighted by molar-refractivity contribution is -0.205. The molecule has 48 heavy (non-hydrogen) atoms. The van der Waals surface area contributed by atoms with Crippen molar-refractivity contribution in [2.75, 3.05) is 0 Å². The molecule has 7 nitrogen and oxygen atoms in total. The minimum Gasteiger partial charge on any atom is -0.507 e. The summed E-state index contributed by atoms with van der Waals surface area (Å²) in [5.41, 5.74) is -0.822. The fourth-order valence-electron chi connectivity index (χ4n) is 10.1. The summed E-state index contributed by atoms with van der Waals surface area (Å²) in [4.78, 5) is 69.8. The molecule has 0 spiro atoms. The largest absolute Gasteiger partial charge is 0.507 e. The van der Waals surface area contributed by atoms with Crippen LogP contribution in [-0.4, -0.2) is 44.7 Å². The van der Waals surface area contributed by atoms with E-state index in [1.165, 1.54) is 12.0 Å². The molecule has 1 aromatic rings. The lowest BCUT2D eigenvalue weighted by Gasteiger charge is -2.62. The topological polar surface area (TPSA) is 126 Å². The van der Waals surface area contributed by atoms with Crippen molar-refractivity contribution in [1.29, 1.82) is 0 Å². The van der Waals surface area contributed by atoms with Crippen LogP contribution in [0.15, 0.2) is 23.8 Å². The smallest absolute Gasteiger partial charge is 0.190 e. The van der Waals surface area contributed by atoms with Gasteiger partial charge in [0.15, 0.2) is 28.7 Å². The van der Waals surface area contributed by atoms with Crippen LogP contribution in [0.25, 0.3) is 5.57 Å². The molecule has 0 radical (unpaired) electrons. The van der Waals surface area contributed by atoms with Crippen LogP contribution in [0.3, 0.4) is 0 Å². The van der Waals surface area contributed by atoms with E-state index in [1.54, 1.807) is 20.8 Å². The molecule has 260 valence electrons. The van der Waals surface area contributed by atoms with Crippen LogP contribution in [0, 0.1) is 46.3 Å². The fraction of sp³-hybridized carbons (Fsp3) is 0.634. The van der Waals surface area contributed by atoms with Gasteiger partial charge in [-0.2, -0.15) is 0 Å². The Morgan fingerprint density at radius 2 is 1.60 bits per heavy atom. The molecule has 0 saturated heterocycles. The molecule has 0 bridgehead atoms. The number of aromatic hydroxyl groups is 1. The van der Waals surface area contributed by atoms with Gasteiger partial charge < -0.3 is 10.2 Å². The zero-order valence-electron chi connectivity index (χ0n) is 30.5. The molecule has 4 unspecified atom stereocenters. The zero-order valence-corrected chi connectivity index (χ0v) is 30.5. The molecule has 4 aliphatic rings. The first-order valence-corrected chi connectivity index (χ1v) is 17.9. The van der Waals surface area contributed by atoms with Crippen LogP contribution in [-0.2, 0) is 25.6 Å². The summed E-state index contributed by atoms with van der Waals surface area (Å²) in [6, 6.07) is 1.99. The number of aliphatic hydroxyl groups is 1. The highest BCUT2D eigenvalue weighted by molar-refractivity contribution is 6.32. The minimum absolute atomic E-state index is 0.000855. The molecule has 2 N–H and O–H groups in total. The van der Waals surface area contributed by atoms with Crippen LogP contribution >= 0.6 is 0 Å². The number of phenols is 1. The maximum Gasteiger partial charge on any atom is 0.190 e. The normalized spacial score (nSPS) is 32.3. The number of rotatable bonds is 9. The molecular weight excluding hydrogens is 604 g/mol. The second-order valence-electron chi connectivity index (χ2n) is 17.2. The Labute approximate surface area is 285 Å². The zero-order chi connectivity index (χ0) is 35.8. The van der Waals surface area contributed by atoms with E-state index < -0.39 is 63.1 Å². The third-order valence-electron chi connectivity index (χ3n) is 12.2. The molecule has 5 rings (SSSR count).